The average molecular weight is 350 g/mol. The van der Waals surface area contributed by atoms with Gasteiger partial charge in [0.15, 0.2) is 0 Å². The Morgan fingerprint density at radius 3 is 2.77 bits per heavy atom. The molecule has 5 nitrogen and oxygen atoms in total. The molecule has 1 N–H and O–H groups in total. The fraction of sp³-hybridized carbons (Fsp3) is 0.476. The van der Waals surface area contributed by atoms with Gasteiger partial charge in [0.1, 0.15) is 11.6 Å². The summed E-state index contributed by atoms with van der Waals surface area (Å²) in [5, 5.41) is 3.52. The van der Waals surface area contributed by atoms with Crippen LogP contribution < -0.4 is 10.2 Å². The molecule has 0 unspecified atom stereocenters. The van der Waals surface area contributed by atoms with Gasteiger partial charge in [-0.2, -0.15) is 0 Å². The summed E-state index contributed by atoms with van der Waals surface area (Å²) in [6, 6.07) is 10.5. The Hall–Kier alpha value is -2.27. The number of hydrogen-bond acceptors (Lipinski definition) is 4. The number of rotatable bonds is 4. The number of aryl methyl sites for hydroxylation is 1. The van der Waals surface area contributed by atoms with Crippen molar-refractivity contribution in [3.05, 3.63) is 53.0 Å². The van der Waals surface area contributed by atoms with Gasteiger partial charge in [-0.3, -0.25) is 9.69 Å². The van der Waals surface area contributed by atoms with Crippen molar-refractivity contribution in [3.63, 3.8) is 0 Å². The van der Waals surface area contributed by atoms with Gasteiger partial charge >= 0.3 is 0 Å². The summed E-state index contributed by atoms with van der Waals surface area (Å²) < 4.78 is 0. The lowest BCUT2D eigenvalue weighted by atomic mass is 10.0. The summed E-state index contributed by atoms with van der Waals surface area (Å²) in [5.41, 5.74) is 3.40. The molecule has 0 aliphatic carbocycles. The maximum atomic E-state index is 12.6. The van der Waals surface area contributed by atoms with Crippen molar-refractivity contribution in [2.45, 2.75) is 51.5 Å². The van der Waals surface area contributed by atoms with E-state index >= 15 is 0 Å². The van der Waals surface area contributed by atoms with Crippen molar-refractivity contribution in [3.8, 4) is 0 Å². The number of piperidine rings is 1. The minimum Gasteiger partial charge on any atom is -0.307 e. The van der Waals surface area contributed by atoms with Crippen LogP contribution in [0.15, 0.2) is 30.3 Å². The van der Waals surface area contributed by atoms with E-state index in [1.807, 2.05) is 23.1 Å². The highest BCUT2D eigenvalue weighted by molar-refractivity contribution is 5.95. The Morgan fingerprint density at radius 2 is 2.00 bits per heavy atom. The Balaban J connectivity index is 1.62. The van der Waals surface area contributed by atoms with Crippen LogP contribution in [-0.2, 0) is 17.6 Å². The molecular formula is C21H26N4O. The normalized spacial score (nSPS) is 20.1. The molecule has 26 heavy (non-hydrogen) atoms. The highest BCUT2D eigenvalue weighted by Crippen LogP contribution is 2.30. The first kappa shape index (κ1) is 17.2. The lowest BCUT2D eigenvalue weighted by Gasteiger charge is -2.31. The van der Waals surface area contributed by atoms with Crippen molar-refractivity contribution in [1.29, 1.82) is 0 Å². The number of hydrogen-bond donors (Lipinski definition) is 1. The van der Waals surface area contributed by atoms with E-state index in [0.29, 0.717) is 13.0 Å². The quantitative estimate of drug-likeness (QED) is 0.920. The largest absolute Gasteiger partial charge is 0.307 e. The van der Waals surface area contributed by atoms with Crippen LogP contribution in [0.3, 0.4) is 0 Å². The molecule has 3 heterocycles. The Bertz CT molecular complexity index is 784. The van der Waals surface area contributed by atoms with E-state index in [4.69, 9.17) is 9.97 Å². The Labute approximate surface area is 154 Å². The summed E-state index contributed by atoms with van der Waals surface area (Å²) in [6.07, 6.45) is 5.62. The highest BCUT2D eigenvalue weighted by Gasteiger charge is 2.29. The molecule has 1 aromatic heterocycles. The molecule has 5 heteroatoms. The molecular weight excluding hydrogens is 324 g/mol. The highest BCUT2D eigenvalue weighted by atomic mass is 16.2. The number of nitrogens with one attached hydrogen (secondary N) is 1. The van der Waals surface area contributed by atoms with Crippen LogP contribution in [-0.4, -0.2) is 29.0 Å². The van der Waals surface area contributed by atoms with Gasteiger partial charge in [0.2, 0.25) is 5.91 Å². The minimum atomic E-state index is 0.175. The second-order valence-electron chi connectivity index (χ2n) is 7.25. The zero-order chi connectivity index (χ0) is 17.9. The number of carbonyl (C=O) groups is 1. The lowest BCUT2D eigenvalue weighted by molar-refractivity contribution is -0.118. The second kappa shape index (κ2) is 7.54. The van der Waals surface area contributed by atoms with Crippen LogP contribution >= 0.6 is 0 Å². The third-order valence-electron chi connectivity index (χ3n) is 5.44. The molecule has 4 rings (SSSR count). The maximum Gasteiger partial charge on any atom is 0.228 e. The summed E-state index contributed by atoms with van der Waals surface area (Å²) >= 11 is 0. The third-order valence-corrected chi connectivity index (χ3v) is 5.44. The summed E-state index contributed by atoms with van der Waals surface area (Å²) in [5.74, 6) is 1.86. The Kier molecular flexibility index (Phi) is 4.98. The van der Waals surface area contributed by atoms with Crippen LogP contribution in [0.2, 0.25) is 0 Å². The number of amides is 1. The molecule has 1 fully saturated rings. The zero-order valence-corrected chi connectivity index (χ0v) is 15.4. The van der Waals surface area contributed by atoms with E-state index in [2.05, 4.69) is 24.4 Å². The third kappa shape index (κ3) is 3.49. The number of anilines is 1. The predicted octanol–water partition coefficient (Wildman–Crippen LogP) is 3.12. The fourth-order valence-corrected chi connectivity index (χ4v) is 3.95. The fourth-order valence-electron chi connectivity index (χ4n) is 3.95. The van der Waals surface area contributed by atoms with E-state index in [1.165, 1.54) is 18.4 Å². The first-order valence-corrected chi connectivity index (χ1v) is 9.67. The zero-order valence-electron chi connectivity index (χ0n) is 15.4. The first-order valence-electron chi connectivity index (χ1n) is 9.67. The topological polar surface area (TPSA) is 58.1 Å². The van der Waals surface area contributed by atoms with Crippen molar-refractivity contribution >= 4 is 11.7 Å². The average Bonchev–Trinajstić information content (AvgIpc) is 2.68. The van der Waals surface area contributed by atoms with Gasteiger partial charge in [-0.05, 0) is 44.7 Å². The van der Waals surface area contributed by atoms with Crippen molar-refractivity contribution in [2.75, 3.05) is 18.0 Å². The van der Waals surface area contributed by atoms with Crippen LogP contribution in [0.5, 0.6) is 0 Å². The van der Waals surface area contributed by atoms with E-state index in [1.54, 1.807) is 0 Å². The Morgan fingerprint density at radius 1 is 1.15 bits per heavy atom. The smallest absolute Gasteiger partial charge is 0.228 e. The van der Waals surface area contributed by atoms with E-state index < -0.39 is 0 Å². The molecule has 0 radical (unpaired) electrons. The van der Waals surface area contributed by atoms with Crippen LogP contribution in [0.1, 0.15) is 54.4 Å². The number of benzene rings is 1. The number of carbonyl (C=O) groups excluding carboxylic acids is 1. The molecule has 136 valence electrons. The molecule has 1 saturated heterocycles. The molecule has 2 aliphatic heterocycles. The van der Waals surface area contributed by atoms with E-state index in [-0.39, 0.29) is 11.9 Å². The van der Waals surface area contributed by atoms with E-state index in [0.717, 1.165) is 48.7 Å². The van der Waals surface area contributed by atoms with Gasteiger partial charge in [0, 0.05) is 24.2 Å². The molecule has 1 amide bonds. The van der Waals surface area contributed by atoms with Gasteiger partial charge in [0.25, 0.3) is 0 Å². The number of aromatic nitrogens is 2. The SMILES string of the molecule is Cc1nc([C@@H]2CCCCN2)nc2c1CCC(=O)N2CCc1ccccc1. The second-order valence-corrected chi connectivity index (χ2v) is 7.25. The van der Waals surface area contributed by atoms with Crippen molar-refractivity contribution < 1.29 is 4.79 Å². The maximum absolute atomic E-state index is 12.6. The summed E-state index contributed by atoms with van der Waals surface area (Å²) in [7, 11) is 0. The minimum absolute atomic E-state index is 0.175. The molecule has 0 spiro atoms. The van der Waals surface area contributed by atoms with E-state index in [9.17, 15) is 4.79 Å². The molecule has 0 bridgehead atoms. The molecule has 0 saturated carbocycles. The summed E-state index contributed by atoms with van der Waals surface area (Å²) in [6.45, 7) is 3.74. The van der Waals surface area contributed by atoms with Gasteiger partial charge in [-0.1, -0.05) is 36.8 Å². The number of nitrogens with zero attached hydrogens (tertiary/aromatic N) is 3. The van der Waals surface area contributed by atoms with Gasteiger partial charge in [0.05, 0.1) is 6.04 Å². The molecule has 1 aromatic carbocycles. The predicted molar refractivity (Wildman–Crippen MR) is 102 cm³/mol. The first-order chi connectivity index (χ1) is 12.7. The van der Waals surface area contributed by atoms with Crippen LogP contribution in [0, 0.1) is 6.92 Å². The molecule has 2 aliphatic rings. The standard InChI is InChI=1S/C21H26N4O/c1-15-17-10-11-19(26)25(14-12-16-7-3-2-4-8-16)21(17)24-20(23-15)18-9-5-6-13-22-18/h2-4,7-8,18,22H,5-6,9-14H2,1H3/t18-/m0/s1. The van der Waals surface area contributed by atoms with Gasteiger partial charge < -0.3 is 5.32 Å². The van der Waals surface area contributed by atoms with Crippen molar-refractivity contribution in [2.24, 2.45) is 0 Å². The lowest BCUT2D eigenvalue weighted by Crippen LogP contribution is -2.39. The molecule has 2 aromatic rings. The molecule has 1 atom stereocenters. The number of fused-ring (bicyclic) bond motifs is 1. The monoisotopic (exact) mass is 350 g/mol. The summed E-state index contributed by atoms with van der Waals surface area (Å²) in [4.78, 5) is 24.2. The van der Waals surface area contributed by atoms with Crippen LogP contribution in [0.4, 0.5) is 5.82 Å². The van der Waals surface area contributed by atoms with Gasteiger partial charge in [-0.25, -0.2) is 9.97 Å². The van der Waals surface area contributed by atoms with Crippen LogP contribution in [0.25, 0.3) is 0 Å². The van der Waals surface area contributed by atoms with Gasteiger partial charge in [-0.15, -0.1) is 0 Å². The van der Waals surface area contributed by atoms with Crippen molar-refractivity contribution in [1.82, 2.24) is 15.3 Å².